The topological polar surface area (TPSA) is 56.3 Å². The number of nitrogens with one attached hydrogen (secondary N) is 1. The van der Waals surface area contributed by atoms with Crippen molar-refractivity contribution < 1.29 is 9.47 Å². The van der Waals surface area contributed by atoms with Crippen molar-refractivity contribution in [3.8, 4) is 22.8 Å². The maximum Gasteiger partial charge on any atom is 0.161 e. The van der Waals surface area contributed by atoms with Crippen molar-refractivity contribution >= 4 is 22.3 Å². The first-order chi connectivity index (χ1) is 13.7. The summed E-state index contributed by atoms with van der Waals surface area (Å²) in [6.07, 6.45) is 0. The van der Waals surface area contributed by atoms with Crippen molar-refractivity contribution in [3.05, 3.63) is 72.3 Å². The van der Waals surface area contributed by atoms with Crippen molar-refractivity contribution in [2.75, 3.05) is 19.5 Å². The third-order valence-corrected chi connectivity index (χ3v) is 4.65. The molecule has 0 aliphatic carbocycles. The Balaban J connectivity index is 1.94. The molecule has 0 spiro atoms. The van der Waals surface area contributed by atoms with Crippen LogP contribution in [0.2, 0.25) is 0 Å². The Bertz CT molecular complexity index is 1110. The fourth-order valence-electron chi connectivity index (χ4n) is 3.15. The number of fused-ring (bicyclic) bond motifs is 1. The van der Waals surface area contributed by atoms with Crippen LogP contribution in [0.15, 0.2) is 66.7 Å². The highest BCUT2D eigenvalue weighted by Crippen LogP contribution is 2.39. The van der Waals surface area contributed by atoms with Crippen LogP contribution in [-0.4, -0.2) is 24.4 Å². The van der Waals surface area contributed by atoms with E-state index in [4.69, 9.17) is 9.47 Å². The van der Waals surface area contributed by atoms with E-state index in [9.17, 15) is 0 Å². The second kappa shape index (κ2) is 7.56. The molecule has 0 saturated carbocycles. The van der Waals surface area contributed by atoms with Crippen LogP contribution in [-0.2, 0) is 0 Å². The summed E-state index contributed by atoms with van der Waals surface area (Å²) in [6, 6.07) is 22.0. The van der Waals surface area contributed by atoms with Crippen molar-refractivity contribution in [1.82, 2.24) is 10.2 Å². The molecule has 0 aliphatic rings. The van der Waals surface area contributed by atoms with Crippen LogP contribution in [0.4, 0.5) is 11.5 Å². The van der Waals surface area contributed by atoms with Gasteiger partial charge in [-0.3, -0.25) is 0 Å². The average Bonchev–Trinajstić information content (AvgIpc) is 2.74. The maximum absolute atomic E-state index is 5.52. The van der Waals surface area contributed by atoms with Gasteiger partial charge in [-0.05, 0) is 31.2 Å². The third-order valence-electron chi connectivity index (χ3n) is 4.65. The highest BCUT2D eigenvalue weighted by atomic mass is 16.5. The van der Waals surface area contributed by atoms with E-state index in [1.165, 1.54) is 5.56 Å². The Morgan fingerprint density at radius 1 is 0.750 bits per heavy atom. The van der Waals surface area contributed by atoms with Gasteiger partial charge in [0, 0.05) is 22.0 Å². The summed E-state index contributed by atoms with van der Waals surface area (Å²) in [7, 11) is 3.26. The SMILES string of the molecule is COc1cc2c(Nc3ccccc3)nnc(-c3ccc(C)cc3)c2cc1OC. The van der Waals surface area contributed by atoms with Gasteiger partial charge in [0.15, 0.2) is 17.3 Å². The number of aromatic nitrogens is 2. The van der Waals surface area contributed by atoms with Gasteiger partial charge in [0.05, 0.1) is 14.2 Å². The zero-order valence-electron chi connectivity index (χ0n) is 16.1. The molecular formula is C23H21N3O2. The Kier molecular flexibility index (Phi) is 4.81. The normalized spacial score (nSPS) is 10.7. The van der Waals surface area contributed by atoms with Gasteiger partial charge in [-0.15, -0.1) is 10.2 Å². The van der Waals surface area contributed by atoms with Crippen LogP contribution in [0.3, 0.4) is 0 Å². The first-order valence-corrected chi connectivity index (χ1v) is 9.01. The highest BCUT2D eigenvalue weighted by molar-refractivity contribution is 6.02. The molecule has 1 N–H and O–H groups in total. The molecule has 0 atom stereocenters. The summed E-state index contributed by atoms with van der Waals surface area (Å²) in [4.78, 5) is 0. The van der Waals surface area contributed by atoms with E-state index in [2.05, 4.69) is 46.7 Å². The molecule has 1 aromatic heterocycles. The van der Waals surface area contributed by atoms with E-state index in [0.717, 1.165) is 27.7 Å². The number of hydrogen-bond acceptors (Lipinski definition) is 5. The molecular weight excluding hydrogens is 350 g/mol. The smallest absolute Gasteiger partial charge is 0.161 e. The van der Waals surface area contributed by atoms with Crippen molar-refractivity contribution in [2.45, 2.75) is 6.92 Å². The Morgan fingerprint density at radius 3 is 2.04 bits per heavy atom. The number of nitrogens with zero attached hydrogens (tertiary/aromatic N) is 2. The van der Waals surface area contributed by atoms with Gasteiger partial charge in [0.25, 0.3) is 0 Å². The Morgan fingerprint density at radius 2 is 1.39 bits per heavy atom. The molecule has 0 bridgehead atoms. The van der Waals surface area contributed by atoms with Crippen molar-refractivity contribution in [1.29, 1.82) is 0 Å². The van der Waals surface area contributed by atoms with E-state index in [0.29, 0.717) is 17.3 Å². The third kappa shape index (κ3) is 3.34. The summed E-state index contributed by atoms with van der Waals surface area (Å²) < 4.78 is 11.0. The minimum absolute atomic E-state index is 0.647. The number of para-hydroxylation sites is 1. The number of benzene rings is 3. The fraction of sp³-hybridized carbons (Fsp3) is 0.130. The predicted octanol–water partition coefficient (Wildman–Crippen LogP) is 5.37. The number of anilines is 2. The van der Waals surface area contributed by atoms with Gasteiger partial charge in [0.1, 0.15) is 5.69 Å². The number of ether oxygens (including phenoxy) is 2. The number of aryl methyl sites for hydroxylation is 1. The van der Waals surface area contributed by atoms with Gasteiger partial charge in [-0.25, -0.2) is 0 Å². The molecule has 0 fully saturated rings. The lowest BCUT2D eigenvalue weighted by Gasteiger charge is -2.15. The largest absolute Gasteiger partial charge is 0.493 e. The van der Waals surface area contributed by atoms with E-state index < -0.39 is 0 Å². The zero-order valence-corrected chi connectivity index (χ0v) is 16.1. The van der Waals surface area contributed by atoms with Crippen molar-refractivity contribution in [2.24, 2.45) is 0 Å². The summed E-state index contributed by atoms with van der Waals surface area (Å²) >= 11 is 0. The van der Waals surface area contributed by atoms with Gasteiger partial charge in [-0.2, -0.15) is 0 Å². The van der Waals surface area contributed by atoms with Gasteiger partial charge in [-0.1, -0.05) is 48.0 Å². The molecule has 0 unspecified atom stereocenters. The number of rotatable bonds is 5. The number of hydrogen-bond donors (Lipinski definition) is 1. The lowest BCUT2D eigenvalue weighted by Crippen LogP contribution is -2.00. The molecule has 5 nitrogen and oxygen atoms in total. The average molecular weight is 371 g/mol. The Labute approximate surface area is 164 Å². The summed E-state index contributed by atoms with van der Waals surface area (Å²) in [5, 5.41) is 14.2. The van der Waals surface area contributed by atoms with Crippen LogP contribution in [0.5, 0.6) is 11.5 Å². The lowest BCUT2D eigenvalue weighted by atomic mass is 10.0. The van der Waals surface area contributed by atoms with E-state index in [1.54, 1.807) is 14.2 Å². The first kappa shape index (κ1) is 17.8. The molecule has 140 valence electrons. The number of methoxy groups -OCH3 is 2. The van der Waals surface area contributed by atoms with E-state index in [1.807, 2.05) is 42.5 Å². The minimum Gasteiger partial charge on any atom is -0.493 e. The van der Waals surface area contributed by atoms with Crippen LogP contribution < -0.4 is 14.8 Å². The van der Waals surface area contributed by atoms with Crippen LogP contribution in [0.25, 0.3) is 22.0 Å². The van der Waals surface area contributed by atoms with Crippen LogP contribution >= 0.6 is 0 Å². The molecule has 4 aromatic rings. The van der Waals surface area contributed by atoms with Crippen LogP contribution in [0.1, 0.15) is 5.56 Å². The molecule has 0 aliphatic heterocycles. The van der Waals surface area contributed by atoms with Gasteiger partial charge in [0.2, 0.25) is 0 Å². The summed E-state index contributed by atoms with van der Waals surface area (Å²) in [5.41, 5.74) is 3.94. The molecule has 28 heavy (non-hydrogen) atoms. The van der Waals surface area contributed by atoms with E-state index in [-0.39, 0.29) is 0 Å². The quantitative estimate of drug-likeness (QED) is 0.511. The molecule has 3 aromatic carbocycles. The predicted molar refractivity (Wildman–Crippen MR) is 113 cm³/mol. The minimum atomic E-state index is 0.647. The van der Waals surface area contributed by atoms with Gasteiger partial charge < -0.3 is 14.8 Å². The fourth-order valence-corrected chi connectivity index (χ4v) is 3.15. The molecule has 4 rings (SSSR count). The Hall–Kier alpha value is -3.60. The molecule has 0 saturated heterocycles. The molecule has 0 amide bonds. The van der Waals surface area contributed by atoms with Crippen molar-refractivity contribution in [3.63, 3.8) is 0 Å². The highest BCUT2D eigenvalue weighted by Gasteiger charge is 2.16. The molecule has 0 radical (unpaired) electrons. The molecule has 5 heteroatoms. The van der Waals surface area contributed by atoms with E-state index >= 15 is 0 Å². The second-order valence-corrected chi connectivity index (χ2v) is 6.51. The zero-order chi connectivity index (χ0) is 19.5. The van der Waals surface area contributed by atoms with Gasteiger partial charge >= 0.3 is 0 Å². The molecule has 1 heterocycles. The summed E-state index contributed by atoms with van der Waals surface area (Å²) in [6.45, 7) is 2.06. The standard InChI is InChI=1S/C23H21N3O2/c1-15-9-11-16(12-10-15)22-18-13-20(27-2)21(28-3)14-19(18)23(26-25-22)24-17-7-5-4-6-8-17/h4-14H,1-3H3,(H,24,26). The van der Waals surface area contributed by atoms with Crippen LogP contribution in [0, 0.1) is 6.92 Å². The second-order valence-electron chi connectivity index (χ2n) is 6.51. The summed E-state index contributed by atoms with van der Waals surface area (Å²) in [5.74, 6) is 1.97. The monoisotopic (exact) mass is 371 g/mol. The lowest BCUT2D eigenvalue weighted by molar-refractivity contribution is 0.356. The maximum atomic E-state index is 5.52. The first-order valence-electron chi connectivity index (χ1n) is 9.01.